The van der Waals surface area contributed by atoms with Crippen molar-refractivity contribution < 1.29 is 0 Å². The van der Waals surface area contributed by atoms with E-state index in [0.29, 0.717) is 5.92 Å². The number of rotatable bonds is 14. The van der Waals surface area contributed by atoms with E-state index >= 15 is 0 Å². The van der Waals surface area contributed by atoms with Gasteiger partial charge in [-0.2, -0.15) is 0 Å². The summed E-state index contributed by atoms with van der Waals surface area (Å²) in [6.07, 6.45) is 2.22. The summed E-state index contributed by atoms with van der Waals surface area (Å²) in [6.45, 7) is 5.62. The van der Waals surface area contributed by atoms with E-state index in [1.807, 2.05) is 0 Å². The van der Waals surface area contributed by atoms with Crippen LogP contribution >= 0.6 is 63.7 Å². The first-order chi connectivity index (χ1) is 24.3. The molecule has 0 saturated heterocycles. The van der Waals surface area contributed by atoms with Crippen LogP contribution in [0.15, 0.2) is 163 Å². The van der Waals surface area contributed by atoms with Crippen molar-refractivity contribution in [3.63, 3.8) is 0 Å². The van der Waals surface area contributed by atoms with E-state index in [1.165, 1.54) is 44.8 Å². The third-order valence-electron chi connectivity index (χ3n) is 9.05. The zero-order chi connectivity index (χ0) is 34.9. The fourth-order valence-corrected chi connectivity index (χ4v) is 7.42. The van der Waals surface area contributed by atoms with Crippen molar-refractivity contribution in [2.24, 2.45) is 0 Å². The van der Waals surface area contributed by atoms with Gasteiger partial charge in [0.1, 0.15) is 0 Å². The highest BCUT2D eigenvalue weighted by molar-refractivity contribution is 9.11. The van der Waals surface area contributed by atoms with Gasteiger partial charge in [-0.1, -0.05) is 150 Å². The average molecular weight is 916 g/mol. The quantitative estimate of drug-likeness (QED) is 0.107. The van der Waals surface area contributed by atoms with Crippen LogP contribution in [0, 0.1) is 0 Å². The Morgan fingerprint density at radius 2 is 0.640 bits per heavy atom. The van der Waals surface area contributed by atoms with E-state index in [4.69, 9.17) is 0 Å². The molecule has 0 fully saturated rings. The van der Waals surface area contributed by atoms with Gasteiger partial charge in [0, 0.05) is 61.4 Å². The second-order valence-electron chi connectivity index (χ2n) is 12.7. The largest absolute Gasteiger partial charge is 0.363 e. The van der Waals surface area contributed by atoms with Gasteiger partial charge in [-0.25, -0.2) is 0 Å². The number of halogens is 4. The minimum absolute atomic E-state index is 0.334. The van der Waals surface area contributed by atoms with Crippen molar-refractivity contribution in [2.45, 2.75) is 51.9 Å². The Balaban J connectivity index is 1.24. The molecule has 0 aliphatic rings. The Kier molecular flexibility index (Phi) is 13.1. The molecule has 0 unspecified atom stereocenters. The molecule has 0 aliphatic heterocycles. The molecule has 6 rings (SSSR count). The van der Waals surface area contributed by atoms with Crippen LogP contribution < -0.4 is 9.80 Å². The van der Waals surface area contributed by atoms with Crippen LogP contribution in [-0.4, -0.2) is 0 Å². The smallest absolute Gasteiger partial charge is 0.0433 e. The molecule has 6 aromatic carbocycles. The molecular weight excluding hydrogens is 876 g/mol. The Bertz CT molecular complexity index is 1690. The minimum atomic E-state index is 0.334. The second kappa shape index (κ2) is 17.9. The molecule has 50 heavy (non-hydrogen) atoms. The molecule has 0 aromatic heterocycles. The lowest BCUT2D eigenvalue weighted by Crippen LogP contribution is -2.22. The summed E-state index contributed by atoms with van der Waals surface area (Å²) < 4.78 is 4.40. The first-order valence-corrected chi connectivity index (χ1v) is 20.2. The molecule has 2 nitrogen and oxygen atoms in total. The van der Waals surface area contributed by atoms with Crippen molar-refractivity contribution in [1.29, 1.82) is 0 Å². The minimum Gasteiger partial charge on any atom is -0.363 e. The summed E-state index contributed by atoms with van der Waals surface area (Å²) in [5.41, 5.74) is 10.3. The molecule has 0 amide bonds. The molecule has 0 atom stereocenters. The maximum Gasteiger partial charge on any atom is 0.0433 e. The van der Waals surface area contributed by atoms with Crippen LogP contribution in [0.25, 0.3) is 0 Å². The normalized spacial score (nSPS) is 11.2. The number of hydrogen-bond donors (Lipinski definition) is 0. The highest BCUT2D eigenvalue weighted by Crippen LogP contribution is 2.33. The summed E-state index contributed by atoms with van der Waals surface area (Å²) in [6, 6.07) is 53.2. The van der Waals surface area contributed by atoms with Gasteiger partial charge in [0.2, 0.25) is 0 Å². The number of anilines is 2. The summed E-state index contributed by atoms with van der Waals surface area (Å²) in [5, 5.41) is 0. The summed E-state index contributed by atoms with van der Waals surface area (Å²) in [7, 11) is 0. The van der Waals surface area contributed by atoms with Crippen molar-refractivity contribution in [3.05, 3.63) is 197 Å². The van der Waals surface area contributed by atoms with Gasteiger partial charge >= 0.3 is 0 Å². The predicted molar refractivity (Wildman–Crippen MR) is 226 cm³/mol. The number of hydrogen-bond acceptors (Lipinski definition) is 2. The first-order valence-electron chi connectivity index (χ1n) is 17.0. The molecule has 0 aliphatic carbocycles. The Labute approximate surface area is 331 Å². The van der Waals surface area contributed by atoms with Crippen LogP contribution in [0.2, 0.25) is 0 Å². The molecule has 6 aromatic rings. The van der Waals surface area contributed by atoms with Gasteiger partial charge in [0.25, 0.3) is 0 Å². The Morgan fingerprint density at radius 1 is 0.380 bits per heavy atom. The topological polar surface area (TPSA) is 6.48 Å². The van der Waals surface area contributed by atoms with Crippen LogP contribution in [-0.2, 0) is 26.2 Å². The average Bonchev–Trinajstić information content (AvgIpc) is 3.14. The lowest BCUT2D eigenvalue weighted by molar-refractivity contribution is 0.697. The molecule has 0 N–H and O–H groups in total. The highest BCUT2D eigenvalue weighted by atomic mass is 79.9. The third kappa shape index (κ3) is 10.2. The maximum atomic E-state index is 3.59. The molecule has 0 radical (unpaired) electrons. The van der Waals surface area contributed by atoms with E-state index < -0.39 is 0 Å². The molecular formula is C44H40Br4N2. The van der Waals surface area contributed by atoms with Gasteiger partial charge in [-0.05, 0) is 113 Å². The predicted octanol–water partition coefficient (Wildman–Crippen LogP) is 14.1. The fourth-order valence-electron chi connectivity index (χ4n) is 6.37. The van der Waals surface area contributed by atoms with Crippen LogP contribution in [0.3, 0.4) is 0 Å². The fraction of sp³-hybridized carbons (Fsp3) is 0.182. The Morgan fingerprint density at radius 3 is 0.880 bits per heavy atom. The molecule has 254 valence electrons. The summed E-state index contributed by atoms with van der Waals surface area (Å²) in [4.78, 5) is 4.93. The first kappa shape index (κ1) is 36.6. The molecule has 6 heteroatoms. The van der Waals surface area contributed by atoms with Crippen molar-refractivity contribution in [1.82, 2.24) is 0 Å². The molecule has 0 spiro atoms. The van der Waals surface area contributed by atoms with Gasteiger partial charge < -0.3 is 9.80 Å². The van der Waals surface area contributed by atoms with Crippen LogP contribution in [0.4, 0.5) is 11.4 Å². The van der Waals surface area contributed by atoms with Gasteiger partial charge in [-0.15, -0.1) is 0 Å². The molecule has 0 bridgehead atoms. The lowest BCUT2D eigenvalue weighted by atomic mass is 9.87. The SMILES string of the molecule is CCCC(c1ccc(N(Cc2ccc(Br)cc2)Cc2ccc(Br)cc2)cc1)c1ccc(N(Cc2ccc(Br)cc2)Cc2ccc(Br)cc2)cc1. The zero-order valence-corrected chi connectivity index (χ0v) is 34.4. The van der Waals surface area contributed by atoms with E-state index in [9.17, 15) is 0 Å². The number of benzene rings is 6. The van der Waals surface area contributed by atoms with Crippen LogP contribution in [0.5, 0.6) is 0 Å². The maximum absolute atomic E-state index is 3.59. The summed E-state index contributed by atoms with van der Waals surface area (Å²) in [5.74, 6) is 0.334. The van der Waals surface area contributed by atoms with Crippen molar-refractivity contribution >= 4 is 75.1 Å². The molecule has 0 heterocycles. The van der Waals surface area contributed by atoms with Gasteiger partial charge in [-0.3, -0.25) is 0 Å². The van der Waals surface area contributed by atoms with E-state index in [0.717, 1.165) is 56.9 Å². The lowest BCUT2D eigenvalue weighted by Gasteiger charge is -2.27. The zero-order valence-electron chi connectivity index (χ0n) is 28.1. The van der Waals surface area contributed by atoms with Crippen molar-refractivity contribution in [3.8, 4) is 0 Å². The van der Waals surface area contributed by atoms with Crippen LogP contribution in [0.1, 0.15) is 59.1 Å². The summed E-state index contributed by atoms with van der Waals surface area (Å²) >= 11 is 14.4. The van der Waals surface area contributed by atoms with E-state index in [1.54, 1.807) is 0 Å². The highest BCUT2D eigenvalue weighted by Gasteiger charge is 2.17. The van der Waals surface area contributed by atoms with Crippen molar-refractivity contribution in [2.75, 3.05) is 9.80 Å². The Hall–Kier alpha value is -3.16. The second-order valence-corrected chi connectivity index (χ2v) is 16.4. The molecule has 0 saturated carbocycles. The van der Waals surface area contributed by atoms with Gasteiger partial charge in [0.15, 0.2) is 0 Å². The third-order valence-corrected chi connectivity index (χ3v) is 11.2. The van der Waals surface area contributed by atoms with Gasteiger partial charge in [0.05, 0.1) is 0 Å². The number of nitrogens with zero attached hydrogens (tertiary/aromatic N) is 2. The standard InChI is InChI=1S/C44H40Br4N2/c1-2-3-44(36-12-24-42(25-13-36)49(28-32-4-16-38(45)17-5-32)29-33-6-18-39(46)19-7-33)37-14-26-43(27-15-37)50(30-34-8-20-40(47)21-9-34)31-35-10-22-41(48)23-11-35/h4-27,44H,2-3,28-31H2,1H3. The monoisotopic (exact) mass is 912 g/mol. The van der Waals surface area contributed by atoms with E-state index in [-0.39, 0.29) is 0 Å². The van der Waals surface area contributed by atoms with E-state index in [2.05, 4.69) is 226 Å².